The zero-order chi connectivity index (χ0) is 15.5. The fraction of sp³-hybridized carbons (Fsp3) is 0.211. The first-order chi connectivity index (χ1) is 9.91. The molecule has 2 aromatic carbocycles. The topological polar surface area (TPSA) is 23.8 Å². The summed E-state index contributed by atoms with van der Waals surface area (Å²) in [5, 5.41) is 9.97. The van der Waals surface area contributed by atoms with E-state index in [0.29, 0.717) is 10.6 Å². The van der Waals surface area contributed by atoms with Crippen LogP contribution in [0.3, 0.4) is 0 Å². The smallest absolute Gasteiger partial charge is 0.0998 e. The van der Waals surface area contributed by atoms with E-state index in [0.717, 1.165) is 11.1 Å². The van der Waals surface area contributed by atoms with Gasteiger partial charge >= 0.3 is 0 Å². The number of hydrogen-bond donors (Lipinski definition) is 0. The minimum Gasteiger partial charge on any atom is -0.192 e. The van der Waals surface area contributed by atoms with E-state index >= 15 is 0 Å². The average molecular weight is 296 g/mol. The Morgan fingerprint density at radius 2 is 1.67 bits per heavy atom. The predicted molar refractivity (Wildman–Crippen MR) is 90.1 cm³/mol. The van der Waals surface area contributed by atoms with Crippen LogP contribution in [0.4, 0.5) is 0 Å². The monoisotopic (exact) mass is 295 g/mol. The Hall–Kier alpha value is -2.04. The molecule has 0 aromatic heterocycles. The van der Waals surface area contributed by atoms with E-state index in [2.05, 4.69) is 39.0 Å². The van der Waals surface area contributed by atoms with Gasteiger partial charge in [0.2, 0.25) is 0 Å². The molecule has 0 amide bonds. The summed E-state index contributed by atoms with van der Waals surface area (Å²) in [6, 6.07) is 17.9. The Morgan fingerprint density at radius 1 is 1.05 bits per heavy atom. The van der Waals surface area contributed by atoms with Gasteiger partial charge in [-0.2, -0.15) is 5.26 Å². The van der Waals surface area contributed by atoms with Crippen molar-refractivity contribution in [2.24, 2.45) is 0 Å². The van der Waals surface area contributed by atoms with Crippen LogP contribution in [-0.2, 0) is 5.41 Å². The highest BCUT2D eigenvalue weighted by Crippen LogP contribution is 2.26. The van der Waals surface area contributed by atoms with Crippen molar-refractivity contribution in [3.05, 3.63) is 70.2 Å². The van der Waals surface area contributed by atoms with Gasteiger partial charge in [-0.05, 0) is 28.7 Å². The molecule has 0 aliphatic rings. The Labute approximate surface area is 131 Å². The first kappa shape index (κ1) is 15.4. The Morgan fingerprint density at radius 3 is 2.19 bits per heavy atom. The van der Waals surface area contributed by atoms with Gasteiger partial charge in [0.15, 0.2) is 0 Å². The molecule has 0 aliphatic carbocycles. The molecule has 0 aliphatic heterocycles. The molecule has 0 atom stereocenters. The largest absolute Gasteiger partial charge is 0.192 e. The number of nitrogens with zero attached hydrogens (tertiary/aromatic N) is 1. The molecule has 0 bridgehead atoms. The summed E-state index contributed by atoms with van der Waals surface area (Å²) in [6.45, 7) is 6.55. The van der Waals surface area contributed by atoms with Crippen molar-refractivity contribution in [3.8, 4) is 6.07 Å². The van der Waals surface area contributed by atoms with E-state index in [9.17, 15) is 5.26 Å². The highest BCUT2D eigenvalue weighted by atomic mass is 35.5. The molecule has 2 heteroatoms. The van der Waals surface area contributed by atoms with Crippen LogP contribution in [0.5, 0.6) is 0 Å². The van der Waals surface area contributed by atoms with Gasteiger partial charge in [0.1, 0.15) is 0 Å². The van der Waals surface area contributed by atoms with Crippen LogP contribution in [-0.4, -0.2) is 0 Å². The van der Waals surface area contributed by atoms with E-state index in [1.807, 2.05) is 36.4 Å². The third-order valence-corrected chi connectivity index (χ3v) is 3.70. The molecule has 0 spiro atoms. The van der Waals surface area contributed by atoms with Crippen LogP contribution in [0.1, 0.15) is 37.5 Å². The number of hydrogen-bond acceptors (Lipinski definition) is 1. The summed E-state index contributed by atoms with van der Waals surface area (Å²) in [5.74, 6) is 0. The Kier molecular flexibility index (Phi) is 4.50. The molecule has 0 radical (unpaired) electrons. The third-order valence-electron chi connectivity index (χ3n) is 3.37. The summed E-state index contributed by atoms with van der Waals surface area (Å²) in [5.41, 5.74) is 3.74. The van der Waals surface area contributed by atoms with Crippen molar-refractivity contribution in [3.63, 3.8) is 0 Å². The van der Waals surface area contributed by atoms with E-state index in [1.54, 1.807) is 6.07 Å². The standard InChI is InChI=1S/C19H18ClN/c1-19(2,3)16-10-8-14(9-11-16)12-15(13-21)17-6-4-5-7-18(17)20/h4-12H,1-3H3. The van der Waals surface area contributed by atoms with Gasteiger partial charge in [-0.3, -0.25) is 0 Å². The molecule has 0 heterocycles. The molecule has 2 aromatic rings. The molecule has 0 saturated heterocycles. The predicted octanol–water partition coefficient (Wildman–Crippen LogP) is 5.70. The lowest BCUT2D eigenvalue weighted by Gasteiger charge is -2.18. The van der Waals surface area contributed by atoms with E-state index in [1.165, 1.54) is 5.56 Å². The summed E-state index contributed by atoms with van der Waals surface area (Å²) in [4.78, 5) is 0. The molecule has 0 N–H and O–H groups in total. The highest BCUT2D eigenvalue weighted by Gasteiger charge is 2.12. The van der Waals surface area contributed by atoms with Crippen molar-refractivity contribution in [2.45, 2.75) is 26.2 Å². The van der Waals surface area contributed by atoms with Crippen LogP contribution in [0, 0.1) is 11.3 Å². The highest BCUT2D eigenvalue weighted by molar-refractivity contribution is 6.32. The van der Waals surface area contributed by atoms with E-state index in [4.69, 9.17) is 11.6 Å². The summed E-state index contributed by atoms with van der Waals surface area (Å²) in [7, 11) is 0. The fourth-order valence-electron chi connectivity index (χ4n) is 2.10. The lowest BCUT2D eigenvalue weighted by molar-refractivity contribution is 0.590. The average Bonchev–Trinajstić information content (AvgIpc) is 2.45. The first-order valence-corrected chi connectivity index (χ1v) is 7.27. The van der Waals surface area contributed by atoms with Crippen LogP contribution >= 0.6 is 11.6 Å². The van der Waals surface area contributed by atoms with Crippen molar-refractivity contribution < 1.29 is 0 Å². The molecule has 2 rings (SSSR count). The number of rotatable bonds is 2. The van der Waals surface area contributed by atoms with Gasteiger partial charge < -0.3 is 0 Å². The zero-order valence-corrected chi connectivity index (χ0v) is 13.3. The Bertz CT molecular complexity index is 698. The minimum atomic E-state index is 0.128. The number of allylic oxidation sites excluding steroid dienone is 1. The maximum absolute atomic E-state index is 9.37. The molecule has 1 nitrogen and oxygen atoms in total. The van der Waals surface area contributed by atoms with Gasteiger partial charge in [-0.25, -0.2) is 0 Å². The van der Waals surface area contributed by atoms with Crippen molar-refractivity contribution in [1.82, 2.24) is 0 Å². The van der Waals surface area contributed by atoms with Gasteiger partial charge in [0.25, 0.3) is 0 Å². The fourth-order valence-corrected chi connectivity index (χ4v) is 2.33. The lowest BCUT2D eigenvalue weighted by atomic mass is 9.86. The third kappa shape index (κ3) is 3.74. The van der Waals surface area contributed by atoms with Gasteiger partial charge in [-0.15, -0.1) is 0 Å². The van der Waals surface area contributed by atoms with Crippen LogP contribution < -0.4 is 0 Å². The number of benzene rings is 2. The molecule has 0 saturated carbocycles. The van der Waals surface area contributed by atoms with Crippen molar-refractivity contribution in [2.75, 3.05) is 0 Å². The van der Waals surface area contributed by atoms with Crippen LogP contribution in [0.15, 0.2) is 48.5 Å². The number of halogens is 1. The zero-order valence-electron chi connectivity index (χ0n) is 12.5. The summed E-state index contributed by atoms with van der Waals surface area (Å²) >= 11 is 6.16. The van der Waals surface area contributed by atoms with Crippen molar-refractivity contribution in [1.29, 1.82) is 5.26 Å². The maximum Gasteiger partial charge on any atom is 0.0998 e. The lowest BCUT2D eigenvalue weighted by Crippen LogP contribution is -2.10. The van der Waals surface area contributed by atoms with Gasteiger partial charge in [0, 0.05) is 10.6 Å². The molecular weight excluding hydrogens is 278 g/mol. The normalized spacial score (nSPS) is 12.0. The minimum absolute atomic E-state index is 0.128. The quantitative estimate of drug-likeness (QED) is 0.515. The van der Waals surface area contributed by atoms with Crippen molar-refractivity contribution >= 4 is 23.3 Å². The van der Waals surface area contributed by atoms with Gasteiger partial charge in [-0.1, -0.05) is 74.8 Å². The van der Waals surface area contributed by atoms with Gasteiger partial charge in [0.05, 0.1) is 11.6 Å². The summed E-state index contributed by atoms with van der Waals surface area (Å²) in [6.07, 6.45) is 1.87. The Balaban J connectivity index is 2.38. The molecular formula is C19H18ClN. The second kappa shape index (κ2) is 6.16. The van der Waals surface area contributed by atoms with E-state index < -0.39 is 0 Å². The summed E-state index contributed by atoms with van der Waals surface area (Å²) < 4.78 is 0. The van der Waals surface area contributed by atoms with Crippen LogP contribution in [0.2, 0.25) is 5.02 Å². The molecule has 21 heavy (non-hydrogen) atoms. The van der Waals surface area contributed by atoms with Crippen LogP contribution in [0.25, 0.3) is 11.6 Å². The second-order valence-corrected chi connectivity index (χ2v) is 6.43. The molecule has 106 valence electrons. The second-order valence-electron chi connectivity index (χ2n) is 6.02. The molecule has 0 unspecified atom stereocenters. The van der Waals surface area contributed by atoms with E-state index in [-0.39, 0.29) is 5.41 Å². The molecule has 0 fully saturated rings. The first-order valence-electron chi connectivity index (χ1n) is 6.89. The maximum atomic E-state index is 9.37. The SMILES string of the molecule is CC(C)(C)c1ccc(C=C(C#N)c2ccccc2Cl)cc1. The number of nitriles is 1.